The Morgan fingerprint density at radius 1 is 1.21 bits per heavy atom. The molecule has 2 aliphatic rings. The predicted octanol–water partition coefficient (Wildman–Crippen LogP) is 4.66. The van der Waals surface area contributed by atoms with Crippen LogP contribution in [0.3, 0.4) is 0 Å². The molecule has 1 aromatic carbocycles. The van der Waals surface area contributed by atoms with Gasteiger partial charge in [0.25, 0.3) is 0 Å². The summed E-state index contributed by atoms with van der Waals surface area (Å²) < 4.78 is 5.94. The van der Waals surface area contributed by atoms with E-state index in [1.807, 2.05) is 13.8 Å². The summed E-state index contributed by atoms with van der Waals surface area (Å²) in [6.07, 6.45) is 3.02. The summed E-state index contributed by atoms with van der Waals surface area (Å²) in [7, 11) is 0. The van der Waals surface area contributed by atoms with Crippen LogP contribution in [0.2, 0.25) is 0 Å². The Kier molecular flexibility index (Phi) is 6.70. The van der Waals surface area contributed by atoms with Crippen molar-refractivity contribution < 1.29 is 19.4 Å². The lowest BCUT2D eigenvalue weighted by atomic mass is 9.93. The molecule has 0 bridgehead atoms. The van der Waals surface area contributed by atoms with Gasteiger partial charge in [0.2, 0.25) is 5.91 Å². The van der Waals surface area contributed by atoms with E-state index in [-0.39, 0.29) is 11.7 Å². The third kappa shape index (κ3) is 4.60. The highest BCUT2D eigenvalue weighted by molar-refractivity contribution is 7.14. The number of rotatable bonds is 10. The maximum Gasteiger partial charge on any atom is 0.245 e. The number of nitrogens with one attached hydrogen (secondary N) is 1. The highest BCUT2D eigenvalue weighted by Crippen LogP contribution is 2.71. The standard InChI is InChI=1S/C27H35NO4S/c1-15-11-18(12-16(2)25(15)32-10-6-9-28-22(31)14-29)7-8-21(30)26-19-13-20-24(27(20,4)5)23(19)17(3)33-26/h11-12,20,24,29H,6-10,13-14H2,1-5H3,(H,28,31). The summed E-state index contributed by atoms with van der Waals surface area (Å²) in [5.74, 6) is 2.17. The Bertz CT molecular complexity index is 1060. The average molecular weight is 470 g/mol. The molecular weight excluding hydrogens is 434 g/mol. The van der Waals surface area contributed by atoms with Crippen LogP contribution < -0.4 is 10.1 Å². The first-order chi connectivity index (χ1) is 15.6. The quantitative estimate of drug-likeness (QED) is 0.392. The minimum atomic E-state index is -0.489. The molecule has 1 aromatic heterocycles. The highest BCUT2D eigenvalue weighted by atomic mass is 32.1. The van der Waals surface area contributed by atoms with Gasteiger partial charge in [-0.05, 0) is 85.1 Å². The van der Waals surface area contributed by atoms with Crippen molar-refractivity contribution in [2.24, 2.45) is 11.3 Å². The Morgan fingerprint density at radius 3 is 2.58 bits per heavy atom. The fourth-order valence-electron chi connectivity index (χ4n) is 5.67. The zero-order valence-corrected chi connectivity index (χ0v) is 21.2. The molecule has 2 aromatic rings. The normalized spacial score (nSPS) is 19.7. The molecule has 2 aliphatic carbocycles. The monoisotopic (exact) mass is 469 g/mol. The maximum absolute atomic E-state index is 13.1. The van der Waals surface area contributed by atoms with Gasteiger partial charge in [0.15, 0.2) is 5.78 Å². The molecule has 0 spiro atoms. The summed E-state index contributed by atoms with van der Waals surface area (Å²) in [4.78, 5) is 26.5. The minimum absolute atomic E-state index is 0.281. The van der Waals surface area contributed by atoms with Gasteiger partial charge in [-0.25, -0.2) is 0 Å². The summed E-state index contributed by atoms with van der Waals surface area (Å²) >= 11 is 1.71. The van der Waals surface area contributed by atoms with Crippen molar-refractivity contribution in [3.63, 3.8) is 0 Å². The first-order valence-electron chi connectivity index (χ1n) is 11.9. The fourth-order valence-corrected chi connectivity index (χ4v) is 6.87. The van der Waals surface area contributed by atoms with Crippen molar-refractivity contribution in [1.82, 2.24) is 5.32 Å². The molecule has 2 atom stereocenters. The predicted molar refractivity (Wildman–Crippen MR) is 132 cm³/mol. The van der Waals surface area contributed by atoms with E-state index in [2.05, 4.69) is 38.2 Å². The van der Waals surface area contributed by atoms with Gasteiger partial charge in [-0.15, -0.1) is 11.3 Å². The first-order valence-corrected chi connectivity index (χ1v) is 12.7. The number of fused-ring (bicyclic) bond motifs is 3. The second-order valence-corrected chi connectivity index (χ2v) is 11.4. The van der Waals surface area contributed by atoms with Gasteiger partial charge in [0, 0.05) is 17.8 Å². The molecule has 2 N–H and O–H groups in total. The Labute approximate surface area is 200 Å². The van der Waals surface area contributed by atoms with Gasteiger partial charge in [-0.3, -0.25) is 9.59 Å². The number of hydrogen-bond donors (Lipinski definition) is 2. The number of aliphatic hydroxyl groups excluding tert-OH is 1. The highest BCUT2D eigenvalue weighted by Gasteiger charge is 2.63. The largest absolute Gasteiger partial charge is 0.493 e. The van der Waals surface area contributed by atoms with E-state index in [1.54, 1.807) is 11.3 Å². The van der Waals surface area contributed by atoms with Gasteiger partial charge in [0.05, 0.1) is 11.5 Å². The van der Waals surface area contributed by atoms with E-state index in [1.165, 1.54) is 16.0 Å². The maximum atomic E-state index is 13.1. The summed E-state index contributed by atoms with van der Waals surface area (Å²) in [5, 5.41) is 11.3. The van der Waals surface area contributed by atoms with Gasteiger partial charge in [-0.2, -0.15) is 0 Å². The number of carbonyl (C=O) groups is 2. The number of carbonyl (C=O) groups excluding carboxylic acids is 2. The fraction of sp³-hybridized carbons (Fsp3) is 0.556. The van der Waals surface area contributed by atoms with E-state index >= 15 is 0 Å². The Morgan fingerprint density at radius 2 is 1.91 bits per heavy atom. The van der Waals surface area contributed by atoms with Crippen LogP contribution in [-0.2, 0) is 17.6 Å². The van der Waals surface area contributed by atoms with Crippen molar-refractivity contribution in [3.8, 4) is 5.75 Å². The van der Waals surface area contributed by atoms with Crippen molar-refractivity contribution in [3.05, 3.63) is 49.7 Å². The summed E-state index contributed by atoms with van der Waals surface area (Å²) in [5.41, 5.74) is 6.53. The molecular formula is C27H35NO4S. The van der Waals surface area contributed by atoms with Gasteiger partial charge < -0.3 is 15.2 Å². The number of hydrogen-bond acceptors (Lipinski definition) is 5. The molecule has 6 heteroatoms. The molecule has 4 rings (SSSR count). The lowest BCUT2D eigenvalue weighted by molar-refractivity contribution is -0.123. The topological polar surface area (TPSA) is 75.6 Å². The molecule has 1 heterocycles. The molecule has 1 amide bonds. The molecule has 33 heavy (non-hydrogen) atoms. The van der Waals surface area contributed by atoms with Gasteiger partial charge in [0.1, 0.15) is 12.4 Å². The van der Waals surface area contributed by atoms with Crippen molar-refractivity contribution in [2.45, 2.75) is 66.2 Å². The van der Waals surface area contributed by atoms with Crippen molar-refractivity contribution >= 4 is 23.0 Å². The van der Waals surface area contributed by atoms with Crippen LogP contribution in [0.25, 0.3) is 0 Å². The van der Waals surface area contributed by atoms with Crippen LogP contribution in [-0.4, -0.2) is 36.6 Å². The van der Waals surface area contributed by atoms with E-state index in [0.29, 0.717) is 37.3 Å². The molecule has 1 saturated carbocycles. The van der Waals surface area contributed by atoms with Crippen LogP contribution in [0, 0.1) is 32.1 Å². The SMILES string of the molecule is Cc1cc(CCC(=O)c2sc(C)c3c2CC2C3C2(C)C)cc(C)c1OCCCNC(=O)CO. The van der Waals surface area contributed by atoms with Crippen LogP contribution in [0.15, 0.2) is 12.1 Å². The number of Topliss-reactive ketones (excluding diaryl/α,β-unsaturated/α-hetero) is 1. The molecule has 1 fully saturated rings. The van der Waals surface area contributed by atoms with E-state index in [4.69, 9.17) is 9.84 Å². The summed E-state index contributed by atoms with van der Waals surface area (Å²) in [6, 6.07) is 4.23. The zero-order valence-electron chi connectivity index (χ0n) is 20.3. The summed E-state index contributed by atoms with van der Waals surface area (Å²) in [6.45, 7) is 11.4. The number of ether oxygens (including phenoxy) is 1. The number of aryl methyl sites for hydroxylation is 4. The molecule has 0 aliphatic heterocycles. The number of ketones is 1. The molecule has 0 radical (unpaired) electrons. The van der Waals surface area contributed by atoms with E-state index in [9.17, 15) is 9.59 Å². The average Bonchev–Trinajstić information content (AvgIpc) is 3.09. The number of thiophene rings is 1. The van der Waals surface area contributed by atoms with E-state index < -0.39 is 6.61 Å². The van der Waals surface area contributed by atoms with Crippen LogP contribution in [0.5, 0.6) is 5.75 Å². The van der Waals surface area contributed by atoms with Gasteiger partial charge in [-0.1, -0.05) is 26.0 Å². The zero-order chi connectivity index (χ0) is 23.9. The third-order valence-electron chi connectivity index (χ3n) is 7.47. The number of benzene rings is 1. The van der Waals surface area contributed by atoms with Crippen LogP contribution in [0.4, 0.5) is 0 Å². The number of amides is 1. The Balaban J connectivity index is 1.33. The van der Waals surface area contributed by atoms with Crippen LogP contribution in [0.1, 0.15) is 75.0 Å². The molecule has 2 unspecified atom stereocenters. The minimum Gasteiger partial charge on any atom is -0.493 e. The molecule has 0 saturated heterocycles. The molecule has 5 nitrogen and oxygen atoms in total. The number of aliphatic hydroxyl groups is 1. The first kappa shape index (κ1) is 24.0. The lowest BCUT2D eigenvalue weighted by Gasteiger charge is -2.14. The second kappa shape index (κ2) is 9.22. The lowest BCUT2D eigenvalue weighted by Crippen LogP contribution is -2.28. The smallest absolute Gasteiger partial charge is 0.245 e. The van der Waals surface area contributed by atoms with Crippen molar-refractivity contribution in [2.75, 3.05) is 19.8 Å². The van der Waals surface area contributed by atoms with Gasteiger partial charge >= 0.3 is 0 Å². The molecule has 178 valence electrons. The van der Waals surface area contributed by atoms with Crippen molar-refractivity contribution in [1.29, 1.82) is 0 Å². The Hall–Kier alpha value is -2.18. The van der Waals surface area contributed by atoms with E-state index in [0.717, 1.165) is 46.1 Å². The van der Waals surface area contributed by atoms with Crippen LogP contribution >= 0.6 is 11.3 Å². The second-order valence-electron chi connectivity index (χ2n) is 10.2. The third-order valence-corrected chi connectivity index (χ3v) is 8.67.